The number of carbonyl (C=O) groups excluding carboxylic acids is 1. The van der Waals surface area contributed by atoms with E-state index in [0.717, 1.165) is 0 Å². The number of rotatable bonds is 0. The Morgan fingerprint density at radius 1 is 1.73 bits per heavy atom. The number of allylic oxidation sites excluding steroid dienone is 2. The maximum Gasteiger partial charge on any atom is 0.224 e. The second-order valence-electron chi connectivity index (χ2n) is 2.80. The molecule has 1 unspecified atom stereocenters. The molecule has 0 aromatic carbocycles. The fourth-order valence-corrected chi connectivity index (χ4v) is 1.27. The van der Waals surface area contributed by atoms with Gasteiger partial charge in [0.15, 0.2) is 0 Å². The lowest BCUT2D eigenvalue weighted by Crippen LogP contribution is -2.30. The second kappa shape index (κ2) is 2.75. The summed E-state index contributed by atoms with van der Waals surface area (Å²) in [5.74, 6) is 0.0859. The number of amides is 1. The zero-order valence-electron chi connectivity index (χ0n) is 6.64. The van der Waals surface area contributed by atoms with Gasteiger partial charge in [0.2, 0.25) is 5.91 Å². The van der Waals surface area contributed by atoms with Gasteiger partial charge >= 0.3 is 0 Å². The average molecular weight is 150 g/mol. The van der Waals surface area contributed by atoms with E-state index in [4.69, 9.17) is 5.26 Å². The Kier molecular flexibility index (Phi) is 1.95. The molecular weight excluding hydrogens is 140 g/mol. The van der Waals surface area contributed by atoms with Crippen LogP contribution in [-0.2, 0) is 4.79 Å². The monoisotopic (exact) mass is 150 g/mol. The van der Waals surface area contributed by atoms with Crippen molar-refractivity contribution in [2.45, 2.75) is 20.3 Å². The smallest absolute Gasteiger partial charge is 0.224 e. The van der Waals surface area contributed by atoms with Gasteiger partial charge < -0.3 is 5.32 Å². The predicted molar refractivity (Wildman–Crippen MR) is 40.2 cm³/mol. The largest absolute Gasteiger partial charge is 0.329 e. The van der Waals surface area contributed by atoms with Gasteiger partial charge in [0.25, 0.3) is 0 Å². The standard InChI is InChI=1S/C8H10N2O/c1-5-3-8(11)10-6(2)7(5)4-9/h5H,3H2,1-2H3,(H,10,11). The SMILES string of the molecule is CC1=C(C#N)C(C)CC(=O)N1. The van der Waals surface area contributed by atoms with E-state index in [1.807, 2.05) is 6.92 Å². The Labute approximate surface area is 65.7 Å². The van der Waals surface area contributed by atoms with Crippen LogP contribution in [0.15, 0.2) is 11.3 Å². The van der Waals surface area contributed by atoms with Crippen molar-refractivity contribution >= 4 is 5.91 Å². The molecule has 0 saturated heterocycles. The topological polar surface area (TPSA) is 52.9 Å². The van der Waals surface area contributed by atoms with Crippen LogP contribution in [0.2, 0.25) is 0 Å². The fraction of sp³-hybridized carbons (Fsp3) is 0.500. The molecule has 3 nitrogen and oxygen atoms in total. The maximum absolute atomic E-state index is 10.9. The van der Waals surface area contributed by atoms with Crippen molar-refractivity contribution in [3.05, 3.63) is 11.3 Å². The van der Waals surface area contributed by atoms with Gasteiger partial charge in [0.1, 0.15) is 0 Å². The molecule has 0 radical (unpaired) electrons. The molecule has 0 aliphatic carbocycles. The quantitative estimate of drug-likeness (QED) is 0.558. The summed E-state index contributed by atoms with van der Waals surface area (Å²) in [5, 5.41) is 11.3. The zero-order valence-corrected chi connectivity index (χ0v) is 6.64. The molecule has 1 heterocycles. The van der Waals surface area contributed by atoms with Crippen molar-refractivity contribution in [3.8, 4) is 6.07 Å². The number of nitrogens with zero attached hydrogens (tertiary/aromatic N) is 1. The van der Waals surface area contributed by atoms with E-state index < -0.39 is 0 Å². The minimum atomic E-state index is 0.00833. The highest BCUT2D eigenvalue weighted by atomic mass is 16.1. The number of nitriles is 1. The number of hydrogen-bond donors (Lipinski definition) is 1. The fourth-order valence-electron chi connectivity index (χ4n) is 1.27. The van der Waals surface area contributed by atoms with E-state index in [2.05, 4.69) is 11.4 Å². The molecule has 3 heteroatoms. The molecule has 0 aromatic heterocycles. The molecular formula is C8H10N2O. The Morgan fingerprint density at radius 3 is 2.82 bits per heavy atom. The molecule has 0 saturated carbocycles. The van der Waals surface area contributed by atoms with E-state index in [0.29, 0.717) is 17.7 Å². The third kappa shape index (κ3) is 1.40. The highest BCUT2D eigenvalue weighted by molar-refractivity contribution is 5.80. The molecule has 1 N–H and O–H groups in total. The van der Waals surface area contributed by atoms with Gasteiger partial charge in [-0.1, -0.05) is 6.92 Å². The first-order valence-corrected chi connectivity index (χ1v) is 3.56. The van der Waals surface area contributed by atoms with E-state index in [9.17, 15) is 4.79 Å². The van der Waals surface area contributed by atoms with E-state index in [1.165, 1.54) is 0 Å². The second-order valence-corrected chi connectivity index (χ2v) is 2.80. The molecule has 1 atom stereocenters. The van der Waals surface area contributed by atoms with Crippen LogP contribution >= 0.6 is 0 Å². The number of carbonyl (C=O) groups is 1. The molecule has 11 heavy (non-hydrogen) atoms. The summed E-state index contributed by atoms with van der Waals surface area (Å²) in [4.78, 5) is 10.9. The van der Waals surface area contributed by atoms with Crippen molar-refractivity contribution in [2.75, 3.05) is 0 Å². The highest BCUT2D eigenvalue weighted by Crippen LogP contribution is 2.20. The molecule has 1 aliphatic heterocycles. The van der Waals surface area contributed by atoms with Crippen molar-refractivity contribution in [1.82, 2.24) is 5.32 Å². The highest BCUT2D eigenvalue weighted by Gasteiger charge is 2.21. The first kappa shape index (κ1) is 7.80. The van der Waals surface area contributed by atoms with Gasteiger partial charge in [-0.3, -0.25) is 4.79 Å². The van der Waals surface area contributed by atoms with Crippen molar-refractivity contribution < 1.29 is 4.79 Å². The van der Waals surface area contributed by atoms with Gasteiger partial charge in [0.05, 0.1) is 11.6 Å². The Hall–Kier alpha value is -1.30. The van der Waals surface area contributed by atoms with Crippen LogP contribution in [-0.4, -0.2) is 5.91 Å². The van der Waals surface area contributed by atoms with Crippen LogP contribution in [0.4, 0.5) is 0 Å². The van der Waals surface area contributed by atoms with Gasteiger partial charge in [-0.15, -0.1) is 0 Å². The van der Waals surface area contributed by atoms with Gasteiger partial charge in [-0.25, -0.2) is 0 Å². The summed E-state index contributed by atoms with van der Waals surface area (Å²) in [7, 11) is 0. The predicted octanol–water partition coefficient (Wildman–Crippen LogP) is 0.940. The first-order chi connectivity index (χ1) is 5.15. The lowest BCUT2D eigenvalue weighted by atomic mass is 9.93. The summed E-state index contributed by atoms with van der Waals surface area (Å²) >= 11 is 0. The van der Waals surface area contributed by atoms with Crippen molar-refractivity contribution in [2.24, 2.45) is 5.92 Å². The summed E-state index contributed by atoms with van der Waals surface area (Å²) < 4.78 is 0. The van der Waals surface area contributed by atoms with Crippen LogP contribution < -0.4 is 5.32 Å². The van der Waals surface area contributed by atoms with E-state index in [1.54, 1.807) is 6.92 Å². The minimum Gasteiger partial charge on any atom is -0.329 e. The van der Waals surface area contributed by atoms with Crippen LogP contribution in [0.25, 0.3) is 0 Å². The van der Waals surface area contributed by atoms with Crippen LogP contribution in [0.5, 0.6) is 0 Å². The lowest BCUT2D eigenvalue weighted by molar-refractivity contribution is -0.121. The normalized spacial score (nSPS) is 24.5. The van der Waals surface area contributed by atoms with Gasteiger partial charge in [-0.05, 0) is 6.92 Å². The molecule has 0 aromatic rings. The summed E-state index contributed by atoms with van der Waals surface area (Å²) in [6.45, 7) is 3.65. The summed E-state index contributed by atoms with van der Waals surface area (Å²) in [5.41, 5.74) is 1.40. The molecule has 58 valence electrons. The van der Waals surface area contributed by atoms with Crippen molar-refractivity contribution in [1.29, 1.82) is 5.26 Å². The van der Waals surface area contributed by atoms with E-state index >= 15 is 0 Å². The Bertz CT molecular complexity index is 260. The maximum atomic E-state index is 10.9. The molecule has 0 fully saturated rings. The molecule has 0 bridgehead atoms. The number of nitrogens with one attached hydrogen (secondary N) is 1. The summed E-state index contributed by atoms with van der Waals surface area (Å²) in [6.07, 6.45) is 0.431. The third-order valence-corrected chi connectivity index (χ3v) is 1.84. The third-order valence-electron chi connectivity index (χ3n) is 1.84. The molecule has 1 aliphatic rings. The van der Waals surface area contributed by atoms with Gasteiger partial charge in [0, 0.05) is 18.0 Å². The van der Waals surface area contributed by atoms with E-state index in [-0.39, 0.29) is 11.8 Å². The first-order valence-electron chi connectivity index (χ1n) is 3.56. The minimum absolute atomic E-state index is 0.00833. The van der Waals surface area contributed by atoms with Crippen molar-refractivity contribution in [3.63, 3.8) is 0 Å². The van der Waals surface area contributed by atoms with Gasteiger partial charge in [-0.2, -0.15) is 5.26 Å². The molecule has 0 spiro atoms. The Balaban J connectivity index is 2.97. The molecule has 1 amide bonds. The Morgan fingerprint density at radius 2 is 2.36 bits per heavy atom. The molecule has 1 rings (SSSR count). The van der Waals surface area contributed by atoms with Crippen LogP contribution in [0.3, 0.4) is 0 Å². The van der Waals surface area contributed by atoms with Crippen LogP contribution in [0.1, 0.15) is 20.3 Å². The summed E-state index contributed by atoms with van der Waals surface area (Å²) in [6, 6.07) is 2.09. The number of hydrogen-bond acceptors (Lipinski definition) is 2. The van der Waals surface area contributed by atoms with Crippen LogP contribution in [0, 0.1) is 17.2 Å². The average Bonchev–Trinajstić information content (AvgIpc) is 1.85. The zero-order chi connectivity index (χ0) is 8.43. The lowest BCUT2D eigenvalue weighted by Gasteiger charge is -2.19.